The van der Waals surface area contributed by atoms with Crippen molar-refractivity contribution < 1.29 is 4.92 Å². The van der Waals surface area contributed by atoms with E-state index in [2.05, 4.69) is 15.3 Å². The van der Waals surface area contributed by atoms with Gasteiger partial charge in [0.15, 0.2) is 5.82 Å². The number of nitro benzene ring substituents is 1. The largest absolute Gasteiger partial charge is 0.270 e. The first-order chi connectivity index (χ1) is 12.1. The molecule has 0 fully saturated rings. The van der Waals surface area contributed by atoms with Crippen LogP contribution in [0.25, 0.3) is 11.4 Å². The van der Waals surface area contributed by atoms with Gasteiger partial charge < -0.3 is 0 Å². The number of benzene rings is 2. The summed E-state index contributed by atoms with van der Waals surface area (Å²) in [6.07, 6.45) is 0. The summed E-state index contributed by atoms with van der Waals surface area (Å²) < 4.78 is 1.71. The molecule has 1 aliphatic rings. The fraction of sp³-hybridized carbons (Fsp3) is 0.118. The lowest BCUT2D eigenvalue weighted by atomic mass is 10.1. The molecule has 0 spiro atoms. The van der Waals surface area contributed by atoms with Gasteiger partial charge in [0, 0.05) is 29.0 Å². The summed E-state index contributed by atoms with van der Waals surface area (Å²) in [5.74, 6) is 1.26. The van der Waals surface area contributed by atoms with Crippen molar-refractivity contribution in [3.63, 3.8) is 0 Å². The van der Waals surface area contributed by atoms with Gasteiger partial charge in [-0.2, -0.15) is 9.78 Å². The van der Waals surface area contributed by atoms with E-state index >= 15 is 0 Å². The maximum atomic E-state index is 11.0. The van der Waals surface area contributed by atoms with Crippen molar-refractivity contribution in [1.82, 2.24) is 14.9 Å². The summed E-state index contributed by atoms with van der Waals surface area (Å²) in [7, 11) is 0. The Balaban J connectivity index is 1.80. The van der Waals surface area contributed by atoms with Crippen LogP contribution in [0.2, 0.25) is 0 Å². The Labute approximate surface area is 147 Å². The van der Waals surface area contributed by atoms with Gasteiger partial charge in [0.1, 0.15) is 0 Å². The molecule has 0 radical (unpaired) electrons. The molecule has 25 heavy (non-hydrogen) atoms. The summed E-state index contributed by atoms with van der Waals surface area (Å²) in [4.78, 5) is 10.6. The SMILES string of the molecule is Cc1ccccc1-c1nnc2n1N=C(c1cccc([N+](=O)[O-])c1)CS2. The van der Waals surface area contributed by atoms with Crippen LogP contribution < -0.4 is 0 Å². The number of non-ortho nitro benzene ring substituents is 1. The highest BCUT2D eigenvalue weighted by molar-refractivity contribution is 7.99. The van der Waals surface area contributed by atoms with Crippen molar-refractivity contribution >= 4 is 23.2 Å². The average Bonchev–Trinajstić information content (AvgIpc) is 3.05. The lowest BCUT2D eigenvalue weighted by Gasteiger charge is -2.14. The Morgan fingerprint density at radius 2 is 2.00 bits per heavy atom. The Bertz CT molecular complexity index is 1010. The zero-order valence-electron chi connectivity index (χ0n) is 13.3. The summed E-state index contributed by atoms with van der Waals surface area (Å²) >= 11 is 1.52. The number of nitro groups is 1. The topological polar surface area (TPSA) is 86.2 Å². The van der Waals surface area contributed by atoms with Crippen LogP contribution in [-0.2, 0) is 0 Å². The van der Waals surface area contributed by atoms with Crippen LogP contribution in [0.15, 0.2) is 58.8 Å². The van der Waals surface area contributed by atoms with Crippen molar-refractivity contribution in [2.75, 3.05) is 5.75 Å². The van der Waals surface area contributed by atoms with Gasteiger partial charge >= 0.3 is 0 Å². The van der Waals surface area contributed by atoms with E-state index in [9.17, 15) is 10.1 Å². The second-order valence-electron chi connectivity index (χ2n) is 5.58. The quantitative estimate of drug-likeness (QED) is 0.532. The first kappa shape index (κ1) is 15.5. The number of fused-ring (bicyclic) bond motifs is 1. The summed E-state index contributed by atoms with van der Waals surface area (Å²) in [6, 6.07) is 14.4. The van der Waals surface area contributed by atoms with Crippen LogP contribution in [0.4, 0.5) is 5.69 Å². The van der Waals surface area contributed by atoms with Crippen molar-refractivity contribution in [2.45, 2.75) is 12.1 Å². The highest BCUT2D eigenvalue weighted by atomic mass is 32.2. The zero-order valence-corrected chi connectivity index (χ0v) is 14.1. The molecule has 0 saturated carbocycles. The molecular weight excluding hydrogens is 338 g/mol. The molecule has 4 rings (SSSR count). The Morgan fingerprint density at radius 3 is 2.80 bits per heavy atom. The van der Waals surface area contributed by atoms with Gasteiger partial charge in [0.2, 0.25) is 5.16 Å². The summed E-state index contributed by atoms with van der Waals surface area (Å²) in [5, 5.41) is 24.9. The molecule has 124 valence electrons. The van der Waals surface area contributed by atoms with Crippen LogP contribution in [0, 0.1) is 17.0 Å². The van der Waals surface area contributed by atoms with E-state index in [1.54, 1.807) is 16.8 Å². The van der Waals surface area contributed by atoms with Gasteiger partial charge in [0.25, 0.3) is 5.69 Å². The monoisotopic (exact) mass is 351 g/mol. The second kappa shape index (κ2) is 6.14. The molecule has 7 nitrogen and oxygen atoms in total. The van der Waals surface area contributed by atoms with Crippen molar-refractivity contribution in [2.24, 2.45) is 5.10 Å². The van der Waals surface area contributed by atoms with Gasteiger partial charge in [-0.3, -0.25) is 10.1 Å². The number of aromatic nitrogens is 3. The molecule has 0 aliphatic carbocycles. The van der Waals surface area contributed by atoms with E-state index in [4.69, 9.17) is 0 Å². The molecule has 0 unspecified atom stereocenters. The number of nitrogens with zero attached hydrogens (tertiary/aromatic N) is 5. The average molecular weight is 351 g/mol. The Kier molecular flexibility index (Phi) is 3.81. The van der Waals surface area contributed by atoms with Crippen molar-refractivity contribution in [3.8, 4) is 11.4 Å². The molecule has 1 aromatic heterocycles. The van der Waals surface area contributed by atoms with E-state index in [0.29, 0.717) is 16.7 Å². The van der Waals surface area contributed by atoms with Crippen LogP contribution in [0.3, 0.4) is 0 Å². The molecule has 2 aromatic carbocycles. The molecule has 8 heteroatoms. The fourth-order valence-corrected chi connectivity index (χ4v) is 3.50. The molecule has 0 N–H and O–H groups in total. The normalized spacial score (nSPS) is 13.2. The van der Waals surface area contributed by atoms with Crippen LogP contribution >= 0.6 is 11.8 Å². The zero-order chi connectivity index (χ0) is 17.4. The van der Waals surface area contributed by atoms with Gasteiger partial charge in [-0.05, 0) is 12.5 Å². The van der Waals surface area contributed by atoms with Gasteiger partial charge in [-0.25, -0.2) is 0 Å². The van der Waals surface area contributed by atoms with E-state index in [1.807, 2.05) is 37.3 Å². The minimum Gasteiger partial charge on any atom is -0.258 e. The maximum absolute atomic E-state index is 11.0. The van der Waals surface area contributed by atoms with Crippen LogP contribution in [0.5, 0.6) is 0 Å². The van der Waals surface area contributed by atoms with E-state index in [-0.39, 0.29) is 5.69 Å². The molecule has 3 aromatic rings. The number of hydrogen-bond acceptors (Lipinski definition) is 6. The van der Waals surface area contributed by atoms with Gasteiger partial charge in [-0.1, -0.05) is 48.2 Å². The minimum atomic E-state index is -0.400. The van der Waals surface area contributed by atoms with Crippen molar-refractivity contribution in [3.05, 3.63) is 69.8 Å². The number of thioether (sulfide) groups is 1. The van der Waals surface area contributed by atoms with Gasteiger partial charge in [0.05, 0.1) is 10.6 Å². The molecule has 0 atom stereocenters. The van der Waals surface area contributed by atoms with Crippen molar-refractivity contribution in [1.29, 1.82) is 0 Å². The molecule has 0 amide bonds. The smallest absolute Gasteiger partial charge is 0.258 e. The Morgan fingerprint density at radius 1 is 1.16 bits per heavy atom. The minimum absolute atomic E-state index is 0.0545. The number of aryl methyl sites for hydroxylation is 1. The van der Waals surface area contributed by atoms with Gasteiger partial charge in [-0.15, -0.1) is 10.2 Å². The highest BCUT2D eigenvalue weighted by Crippen LogP contribution is 2.30. The standard InChI is InChI=1S/C17H13N5O2S/c1-11-5-2-3-8-14(11)16-18-19-17-21(16)20-15(10-25-17)12-6-4-7-13(9-12)22(23)24/h2-9H,10H2,1H3. The maximum Gasteiger partial charge on any atom is 0.270 e. The summed E-state index contributed by atoms with van der Waals surface area (Å²) in [6.45, 7) is 2.01. The predicted octanol–water partition coefficient (Wildman–Crippen LogP) is 3.52. The number of rotatable bonds is 3. The van der Waals surface area contributed by atoms with E-state index < -0.39 is 4.92 Å². The first-order valence-corrected chi connectivity index (χ1v) is 8.59. The second-order valence-corrected chi connectivity index (χ2v) is 6.52. The fourth-order valence-electron chi connectivity index (χ4n) is 2.66. The third-order valence-corrected chi connectivity index (χ3v) is 4.88. The summed E-state index contributed by atoms with van der Waals surface area (Å²) in [5.41, 5.74) is 3.60. The van der Waals surface area contributed by atoms with E-state index in [0.717, 1.165) is 22.4 Å². The number of hydrogen-bond donors (Lipinski definition) is 0. The lowest BCUT2D eigenvalue weighted by molar-refractivity contribution is -0.384. The van der Waals surface area contributed by atoms with E-state index in [1.165, 1.54) is 17.8 Å². The lowest BCUT2D eigenvalue weighted by Crippen LogP contribution is -2.14. The predicted molar refractivity (Wildman–Crippen MR) is 96.0 cm³/mol. The Hall–Kier alpha value is -3.00. The molecule has 2 heterocycles. The molecular formula is C17H13N5O2S. The highest BCUT2D eigenvalue weighted by Gasteiger charge is 2.22. The van der Waals surface area contributed by atoms with Crippen LogP contribution in [-0.4, -0.2) is 31.3 Å². The third kappa shape index (κ3) is 2.80. The van der Waals surface area contributed by atoms with Crippen LogP contribution in [0.1, 0.15) is 11.1 Å². The molecule has 1 aliphatic heterocycles. The first-order valence-electron chi connectivity index (χ1n) is 7.60. The molecule has 0 bridgehead atoms. The molecule has 0 saturated heterocycles. The third-order valence-electron chi connectivity index (χ3n) is 3.95.